The minimum Gasteiger partial charge on any atom is -0.495 e. The molecule has 0 aliphatic heterocycles. The number of anilines is 1. The van der Waals surface area contributed by atoms with Gasteiger partial charge in [-0.25, -0.2) is 0 Å². The summed E-state index contributed by atoms with van der Waals surface area (Å²) in [6.07, 6.45) is 0. The summed E-state index contributed by atoms with van der Waals surface area (Å²) in [5.74, 6) is 0.771. The molecular weight excluding hydrogens is 289 g/mol. The van der Waals surface area contributed by atoms with Crippen molar-refractivity contribution in [1.82, 2.24) is 0 Å². The lowest BCUT2D eigenvalue weighted by atomic mass is 10.1. The van der Waals surface area contributed by atoms with Gasteiger partial charge in [0.25, 0.3) is 0 Å². The van der Waals surface area contributed by atoms with E-state index in [9.17, 15) is 0 Å². The second-order valence-electron chi connectivity index (χ2n) is 3.89. The molecule has 1 heterocycles. The molecule has 1 aromatic carbocycles. The molecule has 0 saturated carbocycles. The van der Waals surface area contributed by atoms with Crippen molar-refractivity contribution in [1.29, 1.82) is 0 Å². The standard InChI is InChI=1S/C13H13Cl2NOS/c1-8(9-5-13(15)18-7-9)16-11-6-10(14)3-4-12(11)17-2/h3-8,16H,1-2H3. The Kier molecular flexibility index (Phi) is 4.38. The largest absolute Gasteiger partial charge is 0.495 e. The van der Waals surface area contributed by atoms with E-state index >= 15 is 0 Å². The van der Waals surface area contributed by atoms with Crippen LogP contribution in [0.2, 0.25) is 9.36 Å². The minimum atomic E-state index is 0.140. The minimum absolute atomic E-state index is 0.140. The van der Waals surface area contributed by atoms with Crippen LogP contribution in [0.1, 0.15) is 18.5 Å². The van der Waals surface area contributed by atoms with E-state index in [1.54, 1.807) is 13.2 Å². The number of methoxy groups -OCH3 is 1. The van der Waals surface area contributed by atoms with Gasteiger partial charge in [0, 0.05) is 11.1 Å². The van der Waals surface area contributed by atoms with E-state index in [0.29, 0.717) is 5.02 Å². The Labute approximate surface area is 120 Å². The third kappa shape index (κ3) is 3.10. The van der Waals surface area contributed by atoms with Gasteiger partial charge in [0.05, 0.1) is 17.1 Å². The highest BCUT2D eigenvalue weighted by Crippen LogP contribution is 2.32. The van der Waals surface area contributed by atoms with Crippen LogP contribution >= 0.6 is 34.5 Å². The normalized spacial score (nSPS) is 12.2. The van der Waals surface area contributed by atoms with Gasteiger partial charge in [0.1, 0.15) is 5.75 Å². The Morgan fingerprint density at radius 2 is 2.06 bits per heavy atom. The second kappa shape index (κ2) is 5.83. The van der Waals surface area contributed by atoms with Crippen LogP contribution < -0.4 is 10.1 Å². The zero-order chi connectivity index (χ0) is 13.1. The van der Waals surface area contributed by atoms with Gasteiger partial charge in [-0.15, -0.1) is 11.3 Å². The Morgan fingerprint density at radius 1 is 1.28 bits per heavy atom. The number of halogens is 2. The highest BCUT2D eigenvalue weighted by molar-refractivity contribution is 7.14. The smallest absolute Gasteiger partial charge is 0.142 e. The van der Waals surface area contributed by atoms with Gasteiger partial charge in [-0.1, -0.05) is 23.2 Å². The van der Waals surface area contributed by atoms with Crippen LogP contribution in [0, 0.1) is 0 Å². The first-order chi connectivity index (χ1) is 8.60. The molecular formula is C13H13Cl2NOS. The molecule has 0 bridgehead atoms. The maximum Gasteiger partial charge on any atom is 0.142 e. The van der Waals surface area contributed by atoms with Crippen molar-refractivity contribution in [3.63, 3.8) is 0 Å². The number of hydrogen-bond donors (Lipinski definition) is 1. The lowest BCUT2D eigenvalue weighted by Gasteiger charge is -2.17. The molecule has 0 amide bonds. The molecule has 1 N–H and O–H groups in total. The fraction of sp³-hybridized carbons (Fsp3) is 0.231. The summed E-state index contributed by atoms with van der Waals surface area (Å²) in [6.45, 7) is 2.07. The van der Waals surface area contributed by atoms with Crippen LogP contribution in [0.25, 0.3) is 0 Å². The average molecular weight is 302 g/mol. The van der Waals surface area contributed by atoms with E-state index in [0.717, 1.165) is 21.3 Å². The Balaban J connectivity index is 2.20. The van der Waals surface area contributed by atoms with Crippen molar-refractivity contribution in [2.75, 3.05) is 12.4 Å². The summed E-state index contributed by atoms with van der Waals surface area (Å²) in [6, 6.07) is 7.60. The second-order valence-corrected chi connectivity index (χ2v) is 5.87. The summed E-state index contributed by atoms with van der Waals surface area (Å²) in [5, 5.41) is 6.08. The number of benzene rings is 1. The van der Waals surface area contributed by atoms with Crippen molar-refractivity contribution in [3.05, 3.63) is 44.6 Å². The van der Waals surface area contributed by atoms with E-state index in [1.807, 2.05) is 23.6 Å². The Hall–Kier alpha value is -0.900. The molecule has 1 aromatic heterocycles. The predicted molar refractivity (Wildman–Crippen MR) is 79.4 cm³/mol. The van der Waals surface area contributed by atoms with Gasteiger partial charge >= 0.3 is 0 Å². The summed E-state index contributed by atoms with van der Waals surface area (Å²) >= 11 is 13.5. The van der Waals surface area contributed by atoms with Gasteiger partial charge in [-0.2, -0.15) is 0 Å². The first kappa shape index (κ1) is 13.5. The topological polar surface area (TPSA) is 21.3 Å². The van der Waals surface area contributed by atoms with Crippen LogP contribution in [-0.2, 0) is 0 Å². The lowest BCUT2D eigenvalue weighted by molar-refractivity contribution is 0.416. The van der Waals surface area contributed by atoms with Crippen LogP contribution in [0.4, 0.5) is 5.69 Å². The molecule has 5 heteroatoms. The monoisotopic (exact) mass is 301 g/mol. The fourth-order valence-electron chi connectivity index (χ4n) is 1.66. The van der Waals surface area contributed by atoms with E-state index in [2.05, 4.69) is 12.2 Å². The molecule has 2 rings (SSSR count). The number of nitrogens with one attached hydrogen (secondary N) is 1. The first-order valence-corrected chi connectivity index (χ1v) is 7.07. The molecule has 0 fully saturated rings. The fourth-order valence-corrected chi connectivity index (χ4v) is 2.82. The maximum absolute atomic E-state index is 5.99. The molecule has 1 atom stereocenters. The van der Waals surface area contributed by atoms with E-state index in [1.165, 1.54) is 11.3 Å². The molecule has 1 unspecified atom stereocenters. The molecule has 0 radical (unpaired) electrons. The zero-order valence-electron chi connectivity index (χ0n) is 10.0. The quantitative estimate of drug-likeness (QED) is 0.834. The van der Waals surface area contributed by atoms with Gasteiger partial charge in [0.15, 0.2) is 0 Å². The van der Waals surface area contributed by atoms with Crippen molar-refractivity contribution in [3.8, 4) is 5.75 Å². The third-order valence-electron chi connectivity index (χ3n) is 2.62. The molecule has 0 aliphatic rings. The lowest BCUT2D eigenvalue weighted by Crippen LogP contribution is -2.06. The summed E-state index contributed by atoms with van der Waals surface area (Å²) < 4.78 is 6.09. The number of ether oxygens (including phenoxy) is 1. The van der Waals surface area contributed by atoms with E-state index in [-0.39, 0.29) is 6.04 Å². The molecule has 0 saturated heterocycles. The van der Waals surface area contributed by atoms with Gasteiger partial charge < -0.3 is 10.1 Å². The van der Waals surface area contributed by atoms with Gasteiger partial charge in [-0.05, 0) is 42.1 Å². The first-order valence-electron chi connectivity index (χ1n) is 5.44. The van der Waals surface area contributed by atoms with Crippen molar-refractivity contribution in [2.24, 2.45) is 0 Å². The summed E-state index contributed by atoms with van der Waals surface area (Å²) in [7, 11) is 1.64. The maximum atomic E-state index is 5.99. The summed E-state index contributed by atoms with van der Waals surface area (Å²) in [4.78, 5) is 0. The summed E-state index contributed by atoms with van der Waals surface area (Å²) in [5.41, 5.74) is 2.02. The highest BCUT2D eigenvalue weighted by atomic mass is 35.5. The molecule has 2 nitrogen and oxygen atoms in total. The van der Waals surface area contributed by atoms with E-state index in [4.69, 9.17) is 27.9 Å². The molecule has 18 heavy (non-hydrogen) atoms. The third-order valence-corrected chi connectivity index (χ3v) is 3.97. The number of rotatable bonds is 4. The van der Waals surface area contributed by atoms with Crippen molar-refractivity contribution in [2.45, 2.75) is 13.0 Å². The highest BCUT2D eigenvalue weighted by Gasteiger charge is 2.11. The van der Waals surface area contributed by atoms with Gasteiger partial charge in [-0.3, -0.25) is 0 Å². The Bertz CT molecular complexity index is 542. The van der Waals surface area contributed by atoms with Crippen LogP contribution in [0.15, 0.2) is 29.6 Å². The predicted octanol–water partition coefficient (Wildman–Crippen LogP) is 5.24. The number of hydrogen-bond acceptors (Lipinski definition) is 3. The van der Waals surface area contributed by atoms with Crippen LogP contribution in [0.5, 0.6) is 5.75 Å². The van der Waals surface area contributed by atoms with E-state index < -0.39 is 0 Å². The van der Waals surface area contributed by atoms with Crippen LogP contribution in [0.3, 0.4) is 0 Å². The molecule has 96 valence electrons. The molecule has 0 spiro atoms. The van der Waals surface area contributed by atoms with Crippen molar-refractivity contribution >= 4 is 40.2 Å². The molecule has 2 aromatic rings. The number of thiophene rings is 1. The zero-order valence-corrected chi connectivity index (χ0v) is 12.4. The van der Waals surface area contributed by atoms with Crippen LogP contribution in [-0.4, -0.2) is 7.11 Å². The van der Waals surface area contributed by atoms with Crippen molar-refractivity contribution < 1.29 is 4.74 Å². The Morgan fingerprint density at radius 3 is 2.67 bits per heavy atom. The SMILES string of the molecule is COc1ccc(Cl)cc1NC(C)c1csc(Cl)c1. The van der Waals surface area contributed by atoms with Gasteiger partial charge in [0.2, 0.25) is 0 Å². The molecule has 0 aliphatic carbocycles. The average Bonchev–Trinajstić information content (AvgIpc) is 2.76.